The molecule has 266 valence electrons. The SMILES string of the molecule is O=C(COS(=O)C(F)(F)F)OC(c1ccccc1)c1ccccc1.O=S([O-])C(F)(F)F.[N-]=[N+]=CC(=O)OC(c1ccccc1)c1ccccc1.[Na+]. The summed E-state index contributed by atoms with van der Waals surface area (Å²) in [6, 6.07) is 36.2. The summed E-state index contributed by atoms with van der Waals surface area (Å²) in [7, 11) is 0. The van der Waals surface area contributed by atoms with Crippen LogP contribution < -0.4 is 29.6 Å². The first-order valence-corrected chi connectivity index (χ1v) is 15.8. The van der Waals surface area contributed by atoms with Gasteiger partial charge in [-0.1, -0.05) is 121 Å². The molecule has 0 aliphatic rings. The van der Waals surface area contributed by atoms with E-state index in [4.69, 9.17) is 23.8 Å². The molecule has 0 N–H and O–H groups in total. The van der Waals surface area contributed by atoms with Gasteiger partial charge in [0, 0.05) is 0 Å². The molecule has 0 amide bonds. The van der Waals surface area contributed by atoms with Crippen LogP contribution in [0.3, 0.4) is 0 Å². The van der Waals surface area contributed by atoms with Crippen molar-refractivity contribution >= 4 is 40.3 Å². The van der Waals surface area contributed by atoms with Gasteiger partial charge >= 0.3 is 58.7 Å². The molecule has 2 unspecified atom stereocenters. The summed E-state index contributed by atoms with van der Waals surface area (Å²) in [5.74, 6) is -1.74. The zero-order chi connectivity index (χ0) is 37.2. The van der Waals surface area contributed by atoms with Gasteiger partial charge in [0.05, 0.1) is 11.1 Å². The van der Waals surface area contributed by atoms with Crippen molar-refractivity contribution in [3.63, 3.8) is 0 Å². The number of carbonyl (C=O) groups is 2. The molecule has 0 radical (unpaired) electrons. The summed E-state index contributed by atoms with van der Waals surface area (Å²) in [6.45, 7) is -1.07. The normalized spacial score (nSPS) is 11.9. The van der Waals surface area contributed by atoms with Crippen molar-refractivity contribution in [1.29, 1.82) is 0 Å². The van der Waals surface area contributed by atoms with Gasteiger partial charge in [-0.25, -0.2) is 13.8 Å². The molecule has 4 rings (SSSR count). The topological polar surface area (TPSA) is 155 Å². The van der Waals surface area contributed by atoms with Crippen molar-refractivity contribution in [3.8, 4) is 0 Å². The number of halogens is 6. The minimum atomic E-state index is -5.08. The van der Waals surface area contributed by atoms with E-state index < -0.39 is 63.9 Å². The van der Waals surface area contributed by atoms with Crippen LogP contribution in [0.2, 0.25) is 0 Å². The number of hydrogen-bond donors (Lipinski definition) is 0. The van der Waals surface area contributed by atoms with Gasteiger partial charge in [-0.3, -0.25) is 8.39 Å². The molecule has 2 atom stereocenters. The van der Waals surface area contributed by atoms with E-state index in [-0.39, 0.29) is 29.6 Å². The molecular weight excluding hydrogens is 741 g/mol. The molecule has 0 bridgehead atoms. The maximum atomic E-state index is 12.1. The minimum absolute atomic E-state index is 0. The van der Waals surface area contributed by atoms with Crippen LogP contribution in [0.1, 0.15) is 34.5 Å². The number of hydrogen-bond acceptors (Lipinski definition) is 8. The predicted molar refractivity (Wildman–Crippen MR) is 166 cm³/mol. The number of alkyl halides is 6. The van der Waals surface area contributed by atoms with E-state index in [9.17, 15) is 40.1 Å². The van der Waals surface area contributed by atoms with E-state index in [1.807, 2.05) is 60.7 Å². The van der Waals surface area contributed by atoms with E-state index in [0.29, 0.717) is 11.1 Å². The third-order valence-corrected chi connectivity index (χ3v) is 6.81. The molecular formula is C32H25F6N2NaO8S2. The van der Waals surface area contributed by atoms with Gasteiger partial charge in [0.15, 0.2) is 18.8 Å². The second kappa shape index (κ2) is 22.7. The largest absolute Gasteiger partial charge is 1.00 e. The molecule has 4 aromatic rings. The van der Waals surface area contributed by atoms with Gasteiger partial charge in [0.1, 0.15) is 0 Å². The summed E-state index contributed by atoms with van der Waals surface area (Å²) in [5, 5.41) is 0. The Balaban J connectivity index is 0.000000430. The van der Waals surface area contributed by atoms with Crippen molar-refractivity contribution in [2.75, 3.05) is 6.61 Å². The number of ether oxygens (including phenoxy) is 2. The summed E-state index contributed by atoms with van der Waals surface area (Å²) in [6.07, 6.45) is -0.588. The maximum absolute atomic E-state index is 12.1. The Morgan fingerprint density at radius 2 is 0.980 bits per heavy atom. The van der Waals surface area contributed by atoms with Crippen LogP contribution in [-0.4, -0.2) is 53.5 Å². The van der Waals surface area contributed by atoms with Crippen molar-refractivity contribution in [2.45, 2.75) is 23.2 Å². The Kier molecular flexibility index (Phi) is 20.1. The van der Waals surface area contributed by atoms with E-state index >= 15 is 0 Å². The Morgan fingerprint density at radius 1 is 0.667 bits per heavy atom. The van der Waals surface area contributed by atoms with Crippen LogP contribution in [-0.2, 0) is 45.4 Å². The minimum Gasteiger partial charge on any atom is -0.766 e. The zero-order valence-electron chi connectivity index (χ0n) is 26.2. The molecule has 0 fully saturated rings. The molecule has 0 spiro atoms. The Morgan fingerprint density at radius 3 is 1.25 bits per heavy atom. The van der Waals surface area contributed by atoms with Gasteiger partial charge in [-0.2, -0.15) is 31.1 Å². The molecule has 0 aromatic heterocycles. The van der Waals surface area contributed by atoms with Crippen LogP contribution in [0.4, 0.5) is 26.3 Å². The number of carbonyl (C=O) groups excluding carboxylic acids is 2. The fourth-order valence-corrected chi connectivity index (χ4v) is 4.03. The number of esters is 2. The molecule has 4 aromatic carbocycles. The van der Waals surface area contributed by atoms with Crippen molar-refractivity contribution in [2.24, 2.45) is 0 Å². The van der Waals surface area contributed by atoms with Crippen molar-refractivity contribution < 1.29 is 96.9 Å². The number of nitrogens with zero attached hydrogens (tertiary/aromatic N) is 2. The second-order valence-electron chi connectivity index (χ2n) is 9.20. The average molecular weight is 767 g/mol. The summed E-state index contributed by atoms with van der Waals surface area (Å²) in [5.41, 5.74) is 1.24. The fraction of sp³-hybridized carbons (Fsp3) is 0.156. The van der Waals surface area contributed by atoms with Crippen LogP contribution in [0.15, 0.2) is 121 Å². The Hall–Kier alpha value is -4.00. The smallest absolute Gasteiger partial charge is 0.766 e. The number of rotatable bonds is 10. The Labute approximate surface area is 314 Å². The van der Waals surface area contributed by atoms with Crippen molar-refractivity contribution in [3.05, 3.63) is 149 Å². The van der Waals surface area contributed by atoms with Crippen LogP contribution in [0, 0.1) is 0 Å². The standard InChI is InChI=1S/C16H13F3O4S.C15H12N2O2.CHF3O2S.Na/c17-16(18,19)24(21)22-11-14(20)23-15(12-7-3-1-4-8-12)13-9-5-2-6-10-13;16-17-11-14(18)19-15(12-7-3-1-4-8-12)13-9-5-2-6-10-13;2-1(3,4)7(5)6;/h1-10,15H,11H2;1-11,15H;(H,5,6);/q;;;+1/p-1. The van der Waals surface area contributed by atoms with Gasteiger partial charge in [0.2, 0.25) is 0 Å². The van der Waals surface area contributed by atoms with E-state index in [0.717, 1.165) is 17.3 Å². The molecule has 0 aliphatic heterocycles. The summed E-state index contributed by atoms with van der Waals surface area (Å²) >= 11 is -7.50. The molecule has 0 aliphatic carbocycles. The van der Waals surface area contributed by atoms with Gasteiger partial charge in [-0.15, -0.1) is 0 Å². The second-order valence-corrected chi connectivity index (χ2v) is 11.3. The van der Waals surface area contributed by atoms with Crippen molar-refractivity contribution in [1.82, 2.24) is 0 Å². The molecule has 0 heterocycles. The van der Waals surface area contributed by atoms with Crippen LogP contribution in [0.25, 0.3) is 5.53 Å². The van der Waals surface area contributed by atoms with Gasteiger partial charge < -0.3 is 19.6 Å². The van der Waals surface area contributed by atoms with Crippen LogP contribution >= 0.6 is 0 Å². The molecule has 19 heteroatoms. The Bertz CT molecular complexity index is 1660. The molecule has 10 nitrogen and oxygen atoms in total. The zero-order valence-corrected chi connectivity index (χ0v) is 29.9. The first kappa shape index (κ1) is 45.0. The monoisotopic (exact) mass is 766 g/mol. The van der Waals surface area contributed by atoms with E-state index in [1.54, 1.807) is 60.7 Å². The molecule has 0 saturated heterocycles. The molecule has 51 heavy (non-hydrogen) atoms. The number of benzene rings is 4. The third kappa shape index (κ3) is 17.2. The van der Waals surface area contributed by atoms with E-state index in [2.05, 4.69) is 8.97 Å². The summed E-state index contributed by atoms with van der Waals surface area (Å²) in [4.78, 5) is 25.9. The van der Waals surface area contributed by atoms with Gasteiger partial charge in [0.25, 0.3) is 11.1 Å². The van der Waals surface area contributed by atoms with E-state index in [1.165, 1.54) is 0 Å². The van der Waals surface area contributed by atoms with Crippen LogP contribution in [0.5, 0.6) is 0 Å². The molecule has 0 saturated carbocycles. The first-order valence-electron chi connectivity index (χ1n) is 13.7. The van der Waals surface area contributed by atoms with Gasteiger partial charge in [-0.05, 0) is 22.3 Å². The fourth-order valence-electron chi connectivity index (χ4n) is 3.70. The summed E-state index contributed by atoms with van der Waals surface area (Å²) < 4.78 is 111. The first-order chi connectivity index (χ1) is 23.6. The third-order valence-electron chi connectivity index (χ3n) is 5.72. The predicted octanol–water partition coefficient (Wildman–Crippen LogP) is 3.53. The quantitative estimate of drug-likeness (QED) is 0.0452. The maximum Gasteiger partial charge on any atom is 1.00 e. The average Bonchev–Trinajstić information content (AvgIpc) is 3.10.